The van der Waals surface area contributed by atoms with E-state index >= 15 is 0 Å². The third-order valence-electron chi connectivity index (χ3n) is 3.23. The van der Waals surface area contributed by atoms with E-state index in [1.807, 2.05) is 61.5 Å². The molecular formula is C16H18N2O. The van der Waals surface area contributed by atoms with Gasteiger partial charge in [-0.25, -0.2) is 0 Å². The smallest absolute Gasteiger partial charge is 0.248 e. The molecule has 0 saturated heterocycles. The number of benzene rings is 2. The van der Waals surface area contributed by atoms with Gasteiger partial charge in [0.2, 0.25) is 5.91 Å². The number of anilines is 1. The van der Waals surface area contributed by atoms with Crippen molar-refractivity contribution in [2.24, 2.45) is 5.73 Å². The first-order valence-corrected chi connectivity index (χ1v) is 6.25. The molecule has 2 rings (SSSR count). The van der Waals surface area contributed by atoms with E-state index < -0.39 is 6.04 Å². The van der Waals surface area contributed by atoms with Crippen LogP contribution in [0.5, 0.6) is 0 Å². The molecule has 0 aliphatic heterocycles. The number of para-hydroxylation sites is 1. The van der Waals surface area contributed by atoms with Gasteiger partial charge in [0.15, 0.2) is 0 Å². The fraction of sp³-hybridized carbons (Fsp3) is 0.188. The van der Waals surface area contributed by atoms with Gasteiger partial charge in [-0.2, -0.15) is 0 Å². The van der Waals surface area contributed by atoms with E-state index in [-0.39, 0.29) is 5.91 Å². The first-order chi connectivity index (χ1) is 9.11. The Morgan fingerprint density at radius 3 is 2.26 bits per heavy atom. The predicted octanol–water partition coefficient (Wildman–Crippen LogP) is 2.66. The summed E-state index contributed by atoms with van der Waals surface area (Å²) >= 11 is 0. The molecule has 0 saturated carbocycles. The molecule has 0 heterocycles. The van der Waals surface area contributed by atoms with E-state index in [4.69, 9.17) is 5.73 Å². The van der Waals surface area contributed by atoms with Gasteiger partial charge < -0.3 is 10.6 Å². The molecule has 98 valence electrons. The number of rotatable bonds is 3. The minimum Gasteiger partial charge on any atom is -0.316 e. The van der Waals surface area contributed by atoms with Crippen molar-refractivity contribution in [3.8, 4) is 0 Å². The number of likely N-dealkylation sites (N-methyl/N-ethyl adjacent to an activating group) is 1. The number of amides is 1. The Hall–Kier alpha value is -2.13. The average Bonchev–Trinajstić information content (AvgIpc) is 2.46. The number of hydrogen-bond donors (Lipinski definition) is 1. The van der Waals surface area contributed by atoms with Gasteiger partial charge in [-0.1, -0.05) is 48.5 Å². The van der Waals surface area contributed by atoms with Gasteiger partial charge in [-0.3, -0.25) is 4.79 Å². The molecule has 1 atom stereocenters. The van der Waals surface area contributed by atoms with Gasteiger partial charge in [0.25, 0.3) is 0 Å². The third kappa shape index (κ3) is 2.83. The minimum absolute atomic E-state index is 0.111. The highest BCUT2D eigenvalue weighted by Gasteiger charge is 2.21. The summed E-state index contributed by atoms with van der Waals surface area (Å²) in [5.41, 5.74) is 8.80. The van der Waals surface area contributed by atoms with E-state index in [2.05, 4.69) is 0 Å². The predicted molar refractivity (Wildman–Crippen MR) is 78.0 cm³/mol. The lowest BCUT2D eigenvalue weighted by atomic mass is 10.1. The van der Waals surface area contributed by atoms with Crippen LogP contribution in [0.1, 0.15) is 17.2 Å². The average molecular weight is 254 g/mol. The first kappa shape index (κ1) is 13.3. The van der Waals surface area contributed by atoms with Gasteiger partial charge in [0.05, 0.1) is 0 Å². The fourth-order valence-corrected chi connectivity index (χ4v) is 2.07. The van der Waals surface area contributed by atoms with E-state index in [0.29, 0.717) is 0 Å². The van der Waals surface area contributed by atoms with Crippen LogP contribution in [0.25, 0.3) is 0 Å². The maximum Gasteiger partial charge on any atom is 0.248 e. The standard InChI is InChI=1S/C16H18N2O/c1-12-8-6-7-11-14(12)18(2)16(19)15(17)13-9-4-3-5-10-13/h3-11,15H,17H2,1-2H3/t15-/m1/s1. The number of carbonyl (C=O) groups is 1. The van der Waals surface area contributed by atoms with Crippen molar-refractivity contribution in [3.05, 3.63) is 65.7 Å². The Morgan fingerprint density at radius 1 is 1.05 bits per heavy atom. The Labute approximate surface area is 113 Å². The Bertz CT molecular complexity index is 566. The second kappa shape index (κ2) is 5.67. The van der Waals surface area contributed by atoms with E-state index in [0.717, 1.165) is 16.8 Å². The molecular weight excluding hydrogens is 236 g/mol. The van der Waals surface area contributed by atoms with Crippen LogP contribution in [0, 0.1) is 6.92 Å². The highest BCUT2D eigenvalue weighted by molar-refractivity contribution is 5.97. The molecule has 2 N–H and O–H groups in total. The van der Waals surface area contributed by atoms with E-state index in [9.17, 15) is 4.79 Å². The molecule has 0 fully saturated rings. The van der Waals surface area contributed by atoms with Crippen LogP contribution in [-0.2, 0) is 4.79 Å². The second-order valence-corrected chi connectivity index (χ2v) is 4.57. The van der Waals surface area contributed by atoms with Crippen molar-refractivity contribution in [2.75, 3.05) is 11.9 Å². The quantitative estimate of drug-likeness (QED) is 0.915. The monoisotopic (exact) mass is 254 g/mol. The number of nitrogens with two attached hydrogens (primary N) is 1. The molecule has 0 unspecified atom stereocenters. The normalized spacial score (nSPS) is 11.9. The zero-order valence-electron chi connectivity index (χ0n) is 11.2. The molecule has 1 amide bonds. The van der Waals surface area contributed by atoms with Crippen LogP contribution in [0.3, 0.4) is 0 Å². The summed E-state index contributed by atoms with van der Waals surface area (Å²) in [7, 11) is 1.76. The van der Waals surface area contributed by atoms with Crippen LogP contribution in [0.4, 0.5) is 5.69 Å². The number of aryl methyl sites for hydroxylation is 1. The fourth-order valence-electron chi connectivity index (χ4n) is 2.07. The maximum atomic E-state index is 12.4. The van der Waals surface area contributed by atoms with Crippen molar-refractivity contribution < 1.29 is 4.79 Å². The summed E-state index contributed by atoms with van der Waals surface area (Å²) in [5, 5.41) is 0. The van der Waals surface area contributed by atoms with Gasteiger partial charge in [-0.05, 0) is 24.1 Å². The highest BCUT2D eigenvalue weighted by Crippen LogP contribution is 2.21. The summed E-state index contributed by atoms with van der Waals surface area (Å²) in [4.78, 5) is 14.0. The van der Waals surface area contributed by atoms with Crippen molar-refractivity contribution in [1.29, 1.82) is 0 Å². The van der Waals surface area contributed by atoms with Gasteiger partial charge >= 0.3 is 0 Å². The molecule has 0 aliphatic rings. The maximum absolute atomic E-state index is 12.4. The molecule has 3 heteroatoms. The zero-order chi connectivity index (χ0) is 13.8. The Balaban J connectivity index is 2.23. The topological polar surface area (TPSA) is 46.3 Å². The Morgan fingerprint density at radius 2 is 1.63 bits per heavy atom. The lowest BCUT2D eigenvalue weighted by Crippen LogP contribution is -2.36. The second-order valence-electron chi connectivity index (χ2n) is 4.57. The molecule has 0 aliphatic carbocycles. The van der Waals surface area contributed by atoms with Crippen molar-refractivity contribution in [1.82, 2.24) is 0 Å². The number of nitrogens with zero attached hydrogens (tertiary/aromatic N) is 1. The van der Waals surface area contributed by atoms with E-state index in [1.165, 1.54) is 0 Å². The first-order valence-electron chi connectivity index (χ1n) is 6.25. The van der Waals surface area contributed by atoms with Crippen LogP contribution in [-0.4, -0.2) is 13.0 Å². The molecule has 19 heavy (non-hydrogen) atoms. The SMILES string of the molecule is Cc1ccccc1N(C)C(=O)[C@H](N)c1ccccc1. The minimum atomic E-state index is -0.634. The third-order valence-corrected chi connectivity index (χ3v) is 3.23. The summed E-state index contributed by atoms with van der Waals surface area (Å²) in [5.74, 6) is -0.111. The lowest BCUT2D eigenvalue weighted by Gasteiger charge is -2.23. The zero-order valence-corrected chi connectivity index (χ0v) is 11.2. The molecule has 2 aromatic rings. The van der Waals surface area contributed by atoms with Gasteiger partial charge in [0, 0.05) is 12.7 Å². The summed E-state index contributed by atoms with van der Waals surface area (Å²) in [6.07, 6.45) is 0. The van der Waals surface area contributed by atoms with Gasteiger partial charge in [0.1, 0.15) is 6.04 Å². The van der Waals surface area contributed by atoms with Crippen molar-refractivity contribution >= 4 is 11.6 Å². The van der Waals surface area contributed by atoms with Gasteiger partial charge in [-0.15, -0.1) is 0 Å². The largest absolute Gasteiger partial charge is 0.316 e. The van der Waals surface area contributed by atoms with E-state index in [1.54, 1.807) is 11.9 Å². The lowest BCUT2D eigenvalue weighted by molar-refractivity contribution is -0.119. The summed E-state index contributed by atoms with van der Waals surface area (Å²) in [6.45, 7) is 1.98. The summed E-state index contributed by atoms with van der Waals surface area (Å²) < 4.78 is 0. The molecule has 0 spiro atoms. The Kier molecular flexibility index (Phi) is 3.97. The summed E-state index contributed by atoms with van der Waals surface area (Å²) in [6, 6.07) is 16.6. The van der Waals surface area contributed by atoms with Crippen LogP contribution in [0.2, 0.25) is 0 Å². The molecule has 0 aromatic heterocycles. The van der Waals surface area contributed by atoms with Crippen molar-refractivity contribution in [2.45, 2.75) is 13.0 Å². The van der Waals surface area contributed by atoms with Crippen LogP contribution >= 0.6 is 0 Å². The van der Waals surface area contributed by atoms with Crippen LogP contribution < -0.4 is 10.6 Å². The number of hydrogen-bond acceptors (Lipinski definition) is 2. The highest BCUT2D eigenvalue weighted by atomic mass is 16.2. The van der Waals surface area contributed by atoms with Crippen LogP contribution in [0.15, 0.2) is 54.6 Å². The molecule has 0 bridgehead atoms. The number of carbonyl (C=O) groups excluding carboxylic acids is 1. The van der Waals surface area contributed by atoms with Crippen molar-refractivity contribution in [3.63, 3.8) is 0 Å². The molecule has 0 radical (unpaired) electrons. The molecule has 3 nitrogen and oxygen atoms in total. The molecule has 2 aromatic carbocycles.